The first kappa shape index (κ1) is 12.3. The van der Waals surface area contributed by atoms with Crippen LogP contribution in [0.4, 0.5) is 0 Å². The predicted molar refractivity (Wildman–Crippen MR) is 76.1 cm³/mol. The molecule has 1 atom stereocenters. The van der Waals surface area contributed by atoms with E-state index in [1.807, 2.05) is 43.3 Å². The van der Waals surface area contributed by atoms with Gasteiger partial charge in [-0.05, 0) is 65.9 Å². The zero-order chi connectivity index (χ0) is 12.3. The van der Waals surface area contributed by atoms with Crippen molar-refractivity contribution in [2.75, 3.05) is 0 Å². The molecule has 0 bridgehead atoms. The van der Waals surface area contributed by atoms with Gasteiger partial charge in [-0.1, -0.05) is 0 Å². The van der Waals surface area contributed by atoms with Crippen LogP contribution < -0.4 is 10.5 Å². The number of nitrogens with zero attached hydrogens (tertiary/aromatic N) is 1. The number of halogens is 1. The van der Waals surface area contributed by atoms with E-state index in [9.17, 15) is 0 Å². The van der Waals surface area contributed by atoms with Gasteiger partial charge in [-0.25, -0.2) is 0 Å². The third kappa shape index (κ3) is 3.41. The van der Waals surface area contributed by atoms with Gasteiger partial charge in [0.15, 0.2) is 0 Å². The topological polar surface area (TPSA) is 48.1 Å². The molecule has 0 radical (unpaired) electrons. The largest absolute Gasteiger partial charge is 0.456 e. The zero-order valence-electron chi connectivity index (χ0n) is 9.43. The summed E-state index contributed by atoms with van der Waals surface area (Å²) in [7, 11) is 0. The predicted octanol–water partition coefficient (Wildman–Crippen LogP) is 3.50. The number of pyridine rings is 1. The Balaban J connectivity index is 2.11. The van der Waals surface area contributed by atoms with Crippen molar-refractivity contribution in [3.63, 3.8) is 0 Å². The van der Waals surface area contributed by atoms with Gasteiger partial charge in [-0.15, -0.1) is 0 Å². The van der Waals surface area contributed by atoms with Crippen molar-refractivity contribution in [2.45, 2.75) is 13.0 Å². The molecule has 4 heteroatoms. The molecule has 0 spiro atoms. The SMILES string of the molecule is CC(N)c1ccc(Oc2ccc(I)cc2)cn1. The Morgan fingerprint density at radius 2 is 1.76 bits per heavy atom. The van der Waals surface area contributed by atoms with E-state index in [0.717, 1.165) is 17.2 Å². The number of hydrogen-bond donors (Lipinski definition) is 1. The molecule has 2 rings (SSSR count). The molecule has 0 amide bonds. The van der Waals surface area contributed by atoms with Crippen molar-refractivity contribution in [3.05, 3.63) is 51.9 Å². The first-order valence-electron chi connectivity index (χ1n) is 5.30. The Bertz CT molecular complexity index is 480. The van der Waals surface area contributed by atoms with Crippen LogP contribution in [0.5, 0.6) is 11.5 Å². The second-order valence-corrected chi connectivity index (χ2v) is 5.01. The summed E-state index contributed by atoms with van der Waals surface area (Å²) in [6.07, 6.45) is 1.69. The Labute approximate surface area is 114 Å². The Kier molecular flexibility index (Phi) is 3.96. The minimum atomic E-state index is -0.0534. The molecule has 0 aliphatic rings. The number of ether oxygens (including phenoxy) is 1. The summed E-state index contributed by atoms with van der Waals surface area (Å²) in [4.78, 5) is 4.24. The monoisotopic (exact) mass is 340 g/mol. The van der Waals surface area contributed by atoms with Gasteiger partial charge in [0, 0.05) is 9.61 Å². The summed E-state index contributed by atoms with van der Waals surface area (Å²) >= 11 is 2.26. The van der Waals surface area contributed by atoms with Crippen LogP contribution >= 0.6 is 22.6 Å². The third-order valence-corrected chi connectivity index (χ3v) is 2.99. The highest BCUT2D eigenvalue weighted by Crippen LogP contribution is 2.22. The molecule has 1 heterocycles. The van der Waals surface area contributed by atoms with Gasteiger partial charge in [0.1, 0.15) is 11.5 Å². The molecule has 2 aromatic rings. The molecule has 0 saturated heterocycles. The van der Waals surface area contributed by atoms with Crippen molar-refractivity contribution in [1.82, 2.24) is 4.98 Å². The molecule has 2 N–H and O–H groups in total. The summed E-state index contributed by atoms with van der Waals surface area (Å²) in [6, 6.07) is 11.6. The number of rotatable bonds is 3. The summed E-state index contributed by atoms with van der Waals surface area (Å²) in [5.41, 5.74) is 6.59. The van der Waals surface area contributed by atoms with Crippen LogP contribution in [-0.2, 0) is 0 Å². The molecule has 0 aliphatic carbocycles. The van der Waals surface area contributed by atoms with E-state index in [-0.39, 0.29) is 6.04 Å². The van der Waals surface area contributed by atoms with Crippen molar-refractivity contribution in [3.8, 4) is 11.5 Å². The lowest BCUT2D eigenvalue weighted by molar-refractivity contribution is 0.479. The van der Waals surface area contributed by atoms with Crippen molar-refractivity contribution in [1.29, 1.82) is 0 Å². The molecule has 0 aliphatic heterocycles. The maximum atomic E-state index is 5.73. The molecule has 17 heavy (non-hydrogen) atoms. The second-order valence-electron chi connectivity index (χ2n) is 3.76. The molecule has 0 saturated carbocycles. The van der Waals surface area contributed by atoms with Crippen molar-refractivity contribution in [2.24, 2.45) is 5.73 Å². The maximum absolute atomic E-state index is 5.73. The molecule has 1 aromatic heterocycles. The summed E-state index contributed by atoms with van der Waals surface area (Å²) < 4.78 is 6.84. The average molecular weight is 340 g/mol. The van der Waals surface area contributed by atoms with Crippen molar-refractivity contribution < 1.29 is 4.74 Å². The van der Waals surface area contributed by atoms with E-state index in [1.165, 1.54) is 3.57 Å². The van der Waals surface area contributed by atoms with E-state index >= 15 is 0 Å². The standard InChI is InChI=1S/C13H13IN2O/c1-9(15)13-7-6-12(8-16-13)17-11-4-2-10(14)3-5-11/h2-9H,15H2,1H3. The van der Waals surface area contributed by atoms with Crippen LogP contribution in [0.15, 0.2) is 42.6 Å². The Morgan fingerprint density at radius 3 is 2.29 bits per heavy atom. The van der Waals surface area contributed by atoms with Gasteiger partial charge in [-0.2, -0.15) is 0 Å². The number of benzene rings is 1. The lowest BCUT2D eigenvalue weighted by Gasteiger charge is -2.07. The van der Waals surface area contributed by atoms with Crippen LogP contribution in [0, 0.1) is 3.57 Å². The van der Waals surface area contributed by atoms with Crippen LogP contribution in [0.3, 0.4) is 0 Å². The Morgan fingerprint density at radius 1 is 1.12 bits per heavy atom. The minimum absolute atomic E-state index is 0.0534. The second kappa shape index (κ2) is 5.46. The quantitative estimate of drug-likeness (QED) is 0.870. The fourth-order valence-corrected chi connectivity index (χ4v) is 1.72. The number of aromatic nitrogens is 1. The average Bonchev–Trinajstić information content (AvgIpc) is 2.33. The van der Waals surface area contributed by atoms with Crippen LogP contribution in [-0.4, -0.2) is 4.98 Å². The first-order valence-corrected chi connectivity index (χ1v) is 6.38. The number of hydrogen-bond acceptors (Lipinski definition) is 3. The molecule has 3 nitrogen and oxygen atoms in total. The lowest BCUT2D eigenvalue weighted by atomic mass is 10.2. The normalized spacial score (nSPS) is 12.2. The van der Waals surface area contributed by atoms with Gasteiger partial charge < -0.3 is 10.5 Å². The van der Waals surface area contributed by atoms with E-state index in [1.54, 1.807) is 6.20 Å². The van der Waals surface area contributed by atoms with E-state index < -0.39 is 0 Å². The summed E-state index contributed by atoms with van der Waals surface area (Å²) in [5.74, 6) is 1.52. The van der Waals surface area contributed by atoms with Crippen molar-refractivity contribution >= 4 is 22.6 Å². The van der Waals surface area contributed by atoms with Gasteiger partial charge >= 0.3 is 0 Å². The highest BCUT2D eigenvalue weighted by molar-refractivity contribution is 14.1. The molecule has 1 aromatic carbocycles. The molecule has 88 valence electrons. The van der Waals surface area contributed by atoms with Gasteiger partial charge in [0.05, 0.1) is 11.9 Å². The van der Waals surface area contributed by atoms with E-state index in [4.69, 9.17) is 10.5 Å². The van der Waals surface area contributed by atoms with E-state index in [0.29, 0.717) is 0 Å². The fourth-order valence-electron chi connectivity index (χ4n) is 1.36. The van der Waals surface area contributed by atoms with E-state index in [2.05, 4.69) is 27.6 Å². The number of nitrogens with two attached hydrogens (primary N) is 1. The van der Waals surface area contributed by atoms with Crippen LogP contribution in [0.2, 0.25) is 0 Å². The highest BCUT2D eigenvalue weighted by atomic mass is 127. The highest BCUT2D eigenvalue weighted by Gasteiger charge is 2.02. The fraction of sp³-hybridized carbons (Fsp3) is 0.154. The summed E-state index contributed by atoms with van der Waals surface area (Å²) in [5, 5.41) is 0. The molecule has 1 unspecified atom stereocenters. The van der Waals surface area contributed by atoms with Crippen LogP contribution in [0.25, 0.3) is 0 Å². The van der Waals surface area contributed by atoms with Gasteiger partial charge in [0.2, 0.25) is 0 Å². The lowest BCUT2D eigenvalue weighted by Crippen LogP contribution is -2.06. The molecular weight excluding hydrogens is 327 g/mol. The smallest absolute Gasteiger partial charge is 0.145 e. The Hall–Kier alpha value is -1.14. The first-order chi connectivity index (χ1) is 8.15. The molecule has 0 fully saturated rings. The molecular formula is C13H13IN2O. The van der Waals surface area contributed by atoms with Gasteiger partial charge in [-0.3, -0.25) is 4.98 Å². The minimum Gasteiger partial charge on any atom is -0.456 e. The maximum Gasteiger partial charge on any atom is 0.145 e. The summed E-state index contributed by atoms with van der Waals surface area (Å²) in [6.45, 7) is 1.90. The third-order valence-electron chi connectivity index (χ3n) is 2.28. The van der Waals surface area contributed by atoms with Gasteiger partial charge in [0.25, 0.3) is 0 Å². The zero-order valence-corrected chi connectivity index (χ0v) is 11.6. The van der Waals surface area contributed by atoms with Crippen LogP contribution in [0.1, 0.15) is 18.7 Å².